The average Bonchev–Trinajstić information content (AvgIpc) is 3.44. The summed E-state index contributed by atoms with van der Waals surface area (Å²) in [5.41, 5.74) is 1.77. The van der Waals surface area contributed by atoms with Crippen LogP contribution in [-0.2, 0) is 19.2 Å². The van der Waals surface area contributed by atoms with E-state index in [4.69, 9.17) is 9.57 Å². The summed E-state index contributed by atoms with van der Waals surface area (Å²) in [6.07, 6.45) is 1.34. The second-order valence-electron chi connectivity index (χ2n) is 9.94. The number of nitrogens with one attached hydrogen (secondary N) is 1. The molecule has 0 aliphatic carbocycles. The number of hydrogen-bond donors (Lipinski definition) is 2. The van der Waals surface area contributed by atoms with E-state index < -0.39 is 36.1 Å². The number of carbonyl (C=O) groups excluding carboxylic acids is 2. The predicted octanol–water partition coefficient (Wildman–Crippen LogP) is 3.65. The first-order chi connectivity index (χ1) is 18.4. The van der Waals surface area contributed by atoms with Crippen molar-refractivity contribution < 1.29 is 29.1 Å². The molecule has 2 aliphatic rings. The molecule has 2 fully saturated rings. The van der Waals surface area contributed by atoms with Crippen LogP contribution in [0.5, 0.6) is 0 Å². The summed E-state index contributed by atoms with van der Waals surface area (Å²) in [5.74, 6) is -1.85. The molecule has 0 bridgehead atoms. The molecule has 2 aliphatic heterocycles. The van der Waals surface area contributed by atoms with E-state index >= 15 is 0 Å². The van der Waals surface area contributed by atoms with Gasteiger partial charge >= 0.3 is 6.09 Å². The number of methoxy groups -OCH3 is 1. The van der Waals surface area contributed by atoms with Crippen molar-refractivity contribution in [3.63, 3.8) is 0 Å². The highest BCUT2D eigenvalue weighted by Gasteiger charge is 2.42. The lowest BCUT2D eigenvalue weighted by Crippen LogP contribution is -2.56. The van der Waals surface area contributed by atoms with Crippen LogP contribution in [0, 0.1) is 5.92 Å². The van der Waals surface area contributed by atoms with Crippen molar-refractivity contribution in [3.8, 4) is 0 Å². The third-order valence-corrected chi connectivity index (χ3v) is 7.57. The Bertz CT molecular complexity index is 1040. The largest absolute Gasteiger partial charge is 0.465 e. The van der Waals surface area contributed by atoms with Crippen molar-refractivity contribution in [3.05, 3.63) is 71.8 Å². The molecule has 2 saturated heterocycles. The third kappa shape index (κ3) is 6.16. The first kappa shape index (κ1) is 27.6. The smallest absolute Gasteiger partial charge is 0.407 e. The lowest BCUT2D eigenvalue weighted by Gasteiger charge is -2.36. The summed E-state index contributed by atoms with van der Waals surface area (Å²) in [4.78, 5) is 46.6. The molecule has 0 unspecified atom stereocenters. The molecule has 2 heterocycles. The van der Waals surface area contributed by atoms with Gasteiger partial charge in [-0.25, -0.2) is 9.86 Å². The van der Waals surface area contributed by atoms with Gasteiger partial charge < -0.3 is 20.1 Å². The number of carboxylic acid groups (broad SMARTS) is 1. The van der Waals surface area contributed by atoms with Gasteiger partial charge in [0, 0.05) is 26.1 Å². The maximum absolute atomic E-state index is 14.0. The summed E-state index contributed by atoms with van der Waals surface area (Å²) in [7, 11) is 1.49. The van der Waals surface area contributed by atoms with Crippen LogP contribution in [0.3, 0.4) is 0 Å². The van der Waals surface area contributed by atoms with Crippen LogP contribution in [0.15, 0.2) is 60.7 Å². The van der Waals surface area contributed by atoms with E-state index in [1.807, 2.05) is 60.7 Å². The quantitative estimate of drug-likeness (QED) is 0.520. The van der Waals surface area contributed by atoms with Crippen molar-refractivity contribution in [2.75, 3.05) is 26.8 Å². The summed E-state index contributed by atoms with van der Waals surface area (Å²) < 4.78 is 5.70. The van der Waals surface area contributed by atoms with E-state index in [1.54, 1.807) is 6.92 Å². The van der Waals surface area contributed by atoms with Crippen LogP contribution in [0.1, 0.15) is 49.7 Å². The number of likely N-dealkylation sites (tertiary alicyclic amines) is 1. The molecule has 0 radical (unpaired) electrons. The fourth-order valence-electron chi connectivity index (χ4n) is 5.61. The molecule has 2 aromatic carbocycles. The van der Waals surface area contributed by atoms with Crippen molar-refractivity contribution in [1.29, 1.82) is 0 Å². The number of carbonyl (C=O) groups is 3. The van der Waals surface area contributed by atoms with Crippen molar-refractivity contribution in [2.45, 2.75) is 56.7 Å². The Morgan fingerprint density at radius 1 is 0.974 bits per heavy atom. The van der Waals surface area contributed by atoms with Crippen molar-refractivity contribution in [1.82, 2.24) is 15.3 Å². The van der Waals surface area contributed by atoms with Crippen molar-refractivity contribution in [2.24, 2.45) is 5.92 Å². The highest BCUT2D eigenvalue weighted by molar-refractivity contribution is 5.89. The molecule has 0 aromatic heterocycles. The highest BCUT2D eigenvalue weighted by atomic mass is 16.7. The number of hydrogen-bond acceptors (Lipinski definition) is 5. The predicted molar refractivity (Wildman–Crippen MR) is 141 cm³/mol. The van der Waals surface area contributed by atoms with Crippen LogP contribution in [0.2, 0.25) is 0 Å². The minimum atomic E-state index is -1.02. The van der Waals surface area contributed by atoms with E-state index in [1.165, 1.54) is 17.1 Å². The zero-order valence-electron chi connectivity index (χ0n) is 22.0. The molecule has 4 atom stereocenters. The second-order valence-corrected chi connectivity index (χ2v) is 9.94. The van der Waals surface area contributed by atoms with Gasteiger partial charge in [0.1, 0.15) is 6.04 Å². The van der Waals surface area contributed by atoms with Crippen LogP contribution >= 0.6 is 0 Å². The molecule has 3 amide bonds. The van der Waals surface area contributed by atoms with Crippen LogP contribution in [-0.4, -0.2) is 78.0 Å². The molecule has 9 nitrogen and oxygen atoms in total. The van der Waals surface area contributed by atoms with Gasteiger partial charge in [0.15, 0.2) is 0 Å². The first-order valence-corrected chi connectivity index (χ1v) is 13.3. The highest BCUT2D eigenvalue weighted by Crippen LogP contribution is 2.31. The standard InChI is InChI=1S/C29H37N3O6/c1-20(26(37-2)23-16-11-17-31(23)29(35)36)27(33)30-25(28(34)32-18-9-10-19-38-32)24(21-12-5-3-6-13-21)22-14-7-4-8-15-22/h3-8,12-15,20,23-26H,9-11,16-19H2,1-2H3,(H,30,33)(H,35,36)/t20-,23+,25+,26-/m1/s1. The number of rotatable bonds is 9. The molecule has 0 saturated carbocycles. The Balaban J connectivity index is 1.67. The van der Waals surface area contributed by atoms with Gasteiger partial charge in [-0.15, -0.1) is 0 Å². The number of nitrogens with zero attached hydrogens (tertiary/aromatic N) is 2. The minimum absolute atomic E-state index is 0.315. The molecule has 4 rings (SSSR count). The number of hydroxylamine groups is 2. The molecule has 2 N–H and O–H groups in total. The van der Waals surface area contributed by atoms with Crippen molar-refractivity contribution >= 4 is 17.9 Å². The van der Waals surface area contributed by atoms with Gasteiger partial charge in [0.25, 0.3) is 5.91 Å². The summed E-state index contributed by atoms with van der Waals surface area (Å²) >= 11 is 0. The first-order valence-electron chi connectivity index (χ1n) is 13.3. The van der Waals surface area contributed by atoms with E-state index in [0.29, 0.717) is 32.5 Å². The van der Waals surface area contributed by atoms with Crippen LogP contribution in [0.25, 0.3) is 0 Å². The topological polar surface area (TPSA) is 108 Å². The van der Waals surface area contributed by atoms with Gasteiger partial charge in [-0.1, -0.05) is 67.6 Å². The van der Waals surface area contributed by atoms with E-state index in [2.05, 4.69) is 5.32 Å². The van der Waals surface area contributed by atoms with Gasteiger partial charge in [-0.2, -0.15) is 0 Å². The van der Waals surface area contributed by atoms with E-state index in [0.717, 1.165) is 24.0 Å². The van der Waals surface area contributed by atoms with E-state index in [-0.39, 0.29) is 11.8 Å². The van der Waals surface area contributed by atoms with Gasteiger partial charge in [0.2, 0.25) is 5.91 Å². The summed E-state index contributed by atoms with van der Waals surface area (Å²) in [5, 5.41) is 14.0. The lowest BCUT2D eigenvalue weighted by molar-refractivity contribution is -0.199. The molecular formula is C29H37N3O6. The van der Waals surface area contributed by atoms with E-state index in [9.17, 15) is 19.5 Å². The Kier molecular flexibility index (Phi) is 9.36. The SMILES string of the molecule is CO[C@H]([C@@H](C)C(=O)N[C@H](C(=O)N1CCCCO1)C(c1ccccc1)c1ccccc1)[C@@H]1CCCN1C(=O)O. The normalized spacial score (nSPS) is 20.1. The Labute approximate surface area is 223 Å². The molecule has 0 spiro atoms. The summed E-state index contributed by atoms with van der Waals surface area (Å²) in [6, 6.07) is 17.9. The van der Waals surface area contributed by atoms with Gasteiger partial charge in [-0.05, 0) is 36.8 Å². The number of benzene rings is 2. The fraction of sp³-hybridized carbons (Fsp3) is 0.483. The third-order valence-electron chi connectivity index (χ3n) is 7.57. The van der Waals surface area contributed by atoms with Crippen LogP contribution < -0.4 is 5.32 Å². The van der Waals surface area contributed by atoms with Gasteiger partial charge in [-0.3, -0.25) is 14.4 Å². The molecule has 2 aromatic rings. The molecule has 204 valence electrons. The molecule has 38 heavy (non-hydrogen) atoms. The van der Waals surface area contributed by atoms with Crippen LogP contribution in [0.4, 0.5) is 4.79 Å². The zero-order valence-corrected chi connectivity index (χ0v) is 22.0. The zero-order chi connectivity index (χ0) is 27.1. The summed E-state index contributed by atoms with van der Waals surface area (Å²) in [6.45, 7) is 3.03. The lowest BCUT2D eigenvalue weighted by atomic mass is 9.83. The monoisotopic (exact) mass is 523 g/mol. The molecular weight excluding hydrogens is 486 g/mol. The number of amides is 3. The van der Waals surface area contributed by atoms with Gasteiger partial charge in [0.05, 0.1) is 24.7 Å². The second kappa shape index (κ2) is 12.9. The maximum atomic E-state index is 14.0. The maximum Gasteiger partial charge on any atom is 0.407 e. The fourth-order valence-corrected chi connectivity index (χ4v) is 5.61. The Hall–Kier alpha value is -3.43. The average molecular weight is 524 g/mol. The minimum Gasteiger partial charge on any atom is -0.465 e. The number of ether oxygens (including phenoxy) is 1. The molecule has 9 heteroatoms. The Morgan fingerprint density at radius 3 is 2.13 bits per heavy atom. The Morgan fingerprint density at radius 2 is 1.61 bits per heavy atom.